The molecule has 0 bridgehead atoms. The summed E-state index contributed by atoms with van der Waals surface area (Å²) in [7, 11) is 1.93. The van der Waals surface area contributed by atoms with Crippen molar-refractivity contribution < 1.29 is 9.59 Å². The number of rotatable bonds is 3. The van der Waals surface area contributed by atoms with Gasteiger partial charge in [-0.05, 0) is 30.0 Å². The van der Waals surface area contributed by atoms with E-state index in [1.54, 1.807) is 11.8 Å². The lowest BCUT2D eigenvalue weighted by Crippen LogP contribution is -2.40. The first-order valence-corrected chi connectivity index (χ1v) is 9.39. The van der Waals surface area contributed by atoms with E-state index in [9.17, 15) is 9.59 Å². The van der Waals surface area contributed by atoms with Gasteiger partial charge in [-0.3, -0.25) is 9.59 Å². The average molecular weight is 340 g/mol. The summed E-state index contributed by atoms with van der Waals surface area (Å²) >= 11 is 0. The summed E-state index contributed by atoms with van der Waals surface area (Å²) in [5, 5.41) is 0. The highest BCUT2D eigenvalue weighted by atomic mass is 16.2. The maximum Gasteiger partial charge on any atom is 0.225 e. The largest absolute Gasteiger partial charge is 0.343 e. The molecule has 134 valence electrons. The topological polar surface area (TPSA) is 40.6 Å². The summed E-state index contributed by atoms with van der Waals surface area (Å²) in [6.45, 7) is 1.56. The molecule has 4 nitrogen and oxygen atoms in total. The minimum Gasteiger partial charge on any atom is -0.343 e. The Morgan fingerprint density at radius 3 is 2.48 bits per heavy atom. The monoisotopic (exact) mass is 340 g/mol. The lowest BCUT2D eigenvalue weighted by atomic mass is 9.93. The number of benzene rings is 1. The van der Waals surface area contributed by atoms with Gasteiger partial charge in [0.25, 0.3) is 0 Å². The number of amides is 2. The molecule has 0 unspecified atom stereocenters. The van der Waals surface area contributed by atoms with Crippen molar-refractivity contribution in [1.82, 2.24) is 9.80 Å². The van der Waals surface area contributed by atoms with Crippen LogP contribution in [0.1, 0.15) is 69.0 Å². The predicted octanol–water partition coefficient (Wildman–Crippen LogP) is 4.13. The normalized spacial score (nSPS) is 20.7. The van der Waals surface area contributed by atoms with Crippen molar-refractivity contribution in [2.75, 3.05) is 7.05 Å². The Morgan fingerprint density at radius 2 is 1.80 bits per heavy atom. The molecule has 2 aliphatic rings. The SMILES string of the molecule is CC(=O)N1C=Cc2ccccc2[C@H]1CC(=O)N(C)C1CCCCCC1. The van der Waals surface area contributed by atoms with Gasteiger partial charge in [0.05, 0.1) is 12.5 Å². The van der Waals surface area contributed by atoms with Gasteiger partial charge < -0.3 is 9.80 Å². The van der Waals surface area contributed by atoms with E-state index in [0.29, 0.717) is 12.5 Å². The minimum atomic E-state index is -0.209. The summed E-state index contributed by atoms with van der Waals surface area (Å²) in [5.74, 6) is 0.105. The van der Waals surface area contributed by atoms with Crippen molar-refractivity contribution >= 4 is 17.9 Å². The highest BCUT2D eigenvalue weighted by Crippen LogP contribution is 2.33. The lowest BCUT2D eigenvalue weighted by Gasteiger charge is -2.35. The average Bonchev–Trinajstić information content (AvgIpc) is 2.90. The van der Waals surface area contributed by atoms with Crippen molar-refractivity contribution in [3.05, 3.63) is 41.6 Å². The van der Waals surface area contributed by atoms with E-state index in [0.717, 1.165) is 24.0 Å². The molecule has 0 aromatic heterocycles. The number of hydrogen-bond donors (Lipinski definition) is 0. The first-order valence-electron chi connectivity index (χ1n) is 9.39. The fourth-order valence-corrected chi connectivity index (χ4v) is 4.07. The van der Waals surface area contributed by atoms with Crippen LogP contribution < -0.4 is 0 Å². The molecule has 1 aromatic rings. The lowest BCUT2D eigenvalue weighted by molar-refractivity contribution is -0.135. The summed E-state index contributed by atoms with van der Waals surface area (Å²) in [6, 6.07) is 8.16. The van der Waals surface area contributed by atoms with Gasteiger partial charge in [-0.25, -0.2) is 0 Å². The Balaban J connectivity index is 1.77. The van der Waals surface area contributed by atoms with Gasteiger partial charge in [-0.15, -0.1) is 0 Å². The van der Waals surface area contributed by atoms with Crippen LogP contribution in [0.15, 0.2) is 30.5 Å². The van der Waals surface area contributed by atoms with Crippen LogP contribution in [0.2, 0.25) is 0 Å². The molecule has 0 saturated heterocycles. The van der Waals surface area contributed by atoms with Crippen LogP contribution in [0.25, 0.3) is 6.08 Å². The molecule has 3 rings (SSSR count). The third kappa shape index (κ3) is 3.94. The first kappa shape index (κ1) is 17.7. The van der Waals surface area contributed by atoms with Crippen molar-refractivity contribution in [3.8, 4) is 0 Å². The molecule has 4 heteroatoms. The van der Waals surface area contributed by atoms with E-state index in [1.807, 2.05) is 48.5 Å². The van der Waals surface area contributed by atoms with Gasteiger partial charge in [0.1, 0.15) is 0 Å². The Kier molecular flexibility index (Phi) is 5.57. The van der Waals surface area contributed by atoms with Gasteiger partial charge in [-0.1, -0.05) is 49.9 Å². The number of carbonyl (C=O) groups excluding carboxylic acids is 2. The molecule has 25 heavy (non-hydrogen) atoms. The Hall–Kier alpha value is -2.10. The summed E-state index contributed by atoms with van der Waals surface area (Å²) < 4.78 is 0. The van der Waals surface area contributed by atoms with Crippen molar-refractivity contribution in [2.24, 2.45) is 0 Å². The summed E-state index contributed by atoms with van der Waals surface area (Å²) in [5.41, 5.74) is 2.15. The van der Waals surface area contributed by atoms with Crippen molar-refractivity contribution in [3.63, 3.8) is 0 Å². The molecule has 1 saturated carbocycles. The van der Waals surface area contributed by atoms with Crippen LogP contribution in [0, 0.1) is 0 Å². The molecule has 1 aliphatic heterocycles. The quantitative estimate of drug-likeness (QED) is 0.776. The standard InChI is InChI=1S/C21H28N2O2/c1-16(24)23-14-13-17-9-7-8-12-19(17)20(23)15-21(25)22(2)18-10-5-3-4-6-11-18/h7-9,12-14,18,20H,3-6,10-11,15H2,1-2H3/t20-/m1/s1. The fourth-order valence-electron chi connectivity index (χ4n) is 4.07. The Morgan fingerprint density at radius 1 is 1.12 bits per heavy atom. The van der Waals surface area contributed by atoms with Gasteiger partial charge in [0.2, 0.25) is 11.8 Å². The molecule has 0 N–H and O–H groups in total. The zero-order valence-corrected chi connectivity index (χ0v) is 15.3. The van der Waals surface area contributed by atoms with Crippen molar-refractivity contribution in [1.29, 1.82) is 0 Å². The molecular formula is C21H28N2O2. The second kappa shape index (κ2) is 7.85. The molecule has 1 aliphatic carbocycles. The van der Waals surface area contributed by atoms with Gasteiger partial charge in [-0.2, -0.15) is 0 Å². The van der Waals surface area contributed by atoms with Crippen LogP contribution in [-0.2, 0) is 9.59 Å². The zero-order valence-electron chi connectivity index (χ0n) is 15.3. The maximum atomic E-state index is 13.0. The summed E-state index contributed by atoms with van der Waals surface area (Å²) in [4.78, 5) is 28.7. The number of fused-ring (bicyclic) bond motifs is 1. The van der Waals surface area contributed by atoms with Gasteiger partial charge >= 0.3 is 0 Å². The fraction of sp³-hybridized carbons (Fsp3) is 0.524. The molecule has 0 radical (unpaired) electrons. The highest BCUT2D eigenvalue weighted by molar-refractivity contribution is 5.82. The van der Waals surface area contributed by atoms with E-state index in [-0.39, 0.29) is 17.9 Å². The van der Waals surface area contributed by atoms with E-state index >= 15 is 0 Å². The number of hydrogen-bond acceptors (Lipinski definition) is 2. The first-order chi connectivity index (χ1) is 12.1. The molecule has 1 aromatic carbocycles. The zero-order chi connectivity index (χ0) is 17.8. The van der Waals surface area contributed by atoms with Crippen LogP contribution in [0.4, 0.5) is 0 Å². The predicted molar refractivity (Wildman–Crippen MR) is 99.6 cm³/mol. The van der Waals surface area contributed by atoms with Crippen molar-refractivity contribution in [2.45, 2.75) is 64.0 Å². The molecule has 0 spiro atoms. The molecule has 2 amide bonds. The van der Waals surface area contributed by atoms with E-state index in [1.165, 1.54) is 25.7 Å². The van der Waals surface area contributed by atoms with Crippen LogP contribution in [-0.4, -0.2) is 34.7 Å². The number of carbonyl (C=O) groups is 2. The molecule has 1 atom stereocenters. The third-order valence-corrected chi connectivity index (χ3v) is 5.60. The molecular weight excluding hydrogens is 312 g/mol. The third-order valence-electron chi connectivity index (χ3n) is 5.60. The van der Waals surface area contributed by atoms with Crippen LogP contribution >= 0.6 is 0 Å². The van der Waals surface area contributed by atoms with E-state index in [4.69, 9.17) is 0 Å². The molecule has 1 fully saturated rings. The van der Waals surface area contributed by atoms with E-state index in [2.05, 4.69) is 0 Å². The second-order valence-electron chi connectivity index (χ2n) is 7.24. The Labute approximate surface area is 150 Å². The van der Waals surface area contributed by atoms with Crippen LogP contribution in [0.5, 0.6) is 0 Å². The smallest absolute Gasteiger partial charge is 0.225 e. The maximum absolute atomic E-state index is 13.0. The summed E-state index contributed by atoms with van der Waals surface area (Å²) in [6.07, 6.45) is 11.3. The minimum absolute atomic E-state index is 0.0272. The molecule has 1 heterocycles. The second-order valence-corrected chi connectivity index (χ2v) is 7.24. The highest BCUT2D eigenvalue weighted by Gasteiger charge is 2.30. The number of nitrogens with zero attached hydrogens (tertiary/aromatic N) is 2. The van der Waals surface area contributed by atoms with Gasteiger partial charge in [0, 0.05) is 26.2 Å². The Bertz CT molecular complexity index is 660. The van der Waals surface area contributed by atoms with E-state index < -0.39 is 0 Å². The van der Waals surface area contributed by atoms with Crippen LogP contribution in [0.3, 0.4) is 0 Å². The van der Waals surface area contributed by atoms with Gasteiger partial charge in [0.15, 0.2) is 0 Å².